The van der Waals surface area contributed by atoms with Crippen molar-refractivity contribution in [2.45, 2.75) is 4.90 Å². The van der Waals surface area contributed by atoms with Gasteiger partial charge in [-0.3, -0.25) is 10.1 Å². The second kappa shape index (κ2) is 5.44. The molecule has 0 saturated heterocycles. The molecule has 0 aliphatic carbocycles. The van der Waals surface area contributed by atoms with Crippen molar-refractivity contribution in [2.75, 3.05) is 11.6 Å². The topological polar surface area (TPSA) is 43.1 Å². The minimum atomic E-state index is -0.442. The molecule has 0 fully saturated rings. The third-order valence-electron chi connectivity index (χ3n) is 1.45. The molecular formula is C8H7Cl2NO2S. The zero-order valence-corrected chi connectivity index (χ0v) is 9.40. The molecule has 0 aliphatic rings. The van der Waals surface area contributed by atoms with Gasteiger partial charge in [-0.25, -0.2) is 0 Å². The molecule has 0 atom stereocenters. The summed E-state index contributed by atoms with van der Waals surface area (Å²) in [6.07, 6.45) is 0. The summed E-state index contributed by atoms with van der Waals surface area (Å²) in [6, 6.07) is 4.61. The van der Waals surface area contributed by atoms with E-state index in [0.717, 1.165) is 0 Å². The van der Waals surface area contributed by atoms with E-state index < -0.39 is 4.92 Å². The van der Waals surface area contributed by atoms with Crippen LogP contribution in [-0.4, -0.2) is 16.6 Å². The molecule has 0 N–H and O–H groups in total. The second-order valence-corrected chi connectivity index (χ2v) is 4.36. The van der Waals surface area contributed by atoms with Gasteiger partial charge in [-0.05, 0) is 12.1 Å². The molecule has 0 amide bonds. The van der Waals surface area contributed by atoms with Crippen molar-refractivity contribution in [1.29, 1.82) is 0 Å². The fourth-order valence-electron chi connectivity index (χ4n) is 0.904. The minimum Gasteiger partial charge on any atom is -0.258 e. The van der Waals surface area contributed by atoms with Crippen LogP contribution in [0.15, 0.2) is 23.1 Å². The zero-order valence-electron chi connectivity index (χ0n) is 7.07. The van der Waals surface area contributed by atoms with Gasteiger partial charge in [0.15, 0.2) is 0 Å². The van der Waals surface area contributed by atoms with Crippen molar-refractivity contribution in [3.05, 3.63) is 33.3 Å². The predicted octanol–water partition coefficient (Wildman–Crippen LogP) is 3.58. The maximum absolute atomic E-state index is 10.6. The average molecular weight is 252 g/mol. The Labute approximate surface area is 95.5 Å². The van der Waals surface area contributed by atoms with Crippen LogP contribution >= 0.6 is 35.0 Å². The van der Waals surface area contributed by atoms with Crippen molar-refractivity contribution in [3.63, 3.8) is 0 Å². The van der Waals surface area contributed by atoms with Crippen LogP contribution in [0.2, 0.25) is 5.02 Å². The van der Waals surface area contributed by atoms with Gasteiger partial charge < -0.3 is 0 Å². The first-order valence-electron chi connectivity index (χ1n) is 3.78. The van der Waals surface area contributed by atoms with Gasteiger partial charge in [-0.2, -0.15) is 0 Å². The summed E-state index contributed by atoms with van der Waals surface area (Å²) in [5, 5.41) is 11.0. The van der Waals surface area contributed by atoms with Gasteiger partial charge in [-0.15, -0.1) is 23.4 Å². The standard InChI is InChI=1S/C8H7Cl2NO2S/c9-3-4-14-8-2-1-6(10)5-7(8)11(12)13/h1-2,5H,3-4H2. The molecule has 3 nitrogen and oxygen atoms in total. The molecule has 1 aromatic rings. The summed E-state index contributed by atoms with van der Waals surface area (Å²) < 4.78 is 0. The molecule has 1 rings (SSSR count). The fraction of sp³-hybridized carbons (Fsp3) is 0.250. The number of halogens is 2. The summed E-state index contributed by atoms with van der Waals surface area (Å²) in [5.74, 6) is 1.11. The van der Waals surface area contributed by atoms with E-state index in [9.17, 15) is 10.1 Å². The van der Waals surface area contributed by atoms with Crippen LogP contribution in [0.4, 0.5) is 5.69 Å². The van der Waals surface area contributed by atoms with Crippen molar-refractivity contribution < 1.29 is 4.92 Å². The number of nitro groups is 1. The molecule has 0 unspecified atom stereocenters. The van der Waals surface area contributed by atoms with Gasteiger partial charge in [-0.1, -0.05) is 11.6 Å². The lowest BCUT2D eigenvalue weighted by molar-refractivity contribution is -0.387. The van der Waals surface area contributed by atoms with Crippen LogP contribution < -0.4 is 0 Å². The van der Waals surface area contributed by atoms with E-state index in [4.69, 9.17) is 23.2 Å². The molecule has 0 aromatic heterocycles. The highest BCUT2D eigenvalue weighted by atomic mass is 35.5. The largest absolute Gasteiger partial charge is 0.284 e. The van der Waals surface area contributed by atoms with Crippen LogP contribution in [0.25, 0.3) is 0 Å². The minimum absolute atomic E-state index is 0.0348. The molecule has 0 radical (unpaired) electrons. The Kier molecular flexibility index (Phi) is 4.51. The van der Waals surface area contributed by atoms with Crippen molar-refractivity contribution in [1.82, 2.24) is 0 Å². The van der Waals surface area contributed by atoms with Crippen LogP contribution in [-0.2, 0) is 0 Å². The highest BCUT2D eigenvalue weighted by molar-refractivity contribution is 7.99. The van der Waals surface area contributed by atoms with Crippen molar-refractivity contribution >= 4 is 40.7 Å². The van der Waals surface area contributed by atoms with Gasteiger partial charge in [0.05, 0.1) is 9.82 Å². The lowest BCUT2D eigenvalue weighted by atomic mass is 10.3. The van der Waals surface area contributed by atoms with Crippen molar-refractivity contribution in [3.8, 4) is 0 Å². The molecule has 0 heterocycles. The number of thioether (sulfide) groups is 1. The lowest BCUT2D eigenvalue weighted by Gasteiger charge is -2.01. The zero-order chi connectivity index (χ0) is 10.6. The molecule has 76 valence electrons. The number of benzene rings is 1. The number of hydrogen-bond acceptors (Lipinski definition) is 3. The summed E-state index contributed by atoms with van der Waals surface area (Å²) in [6.45, 7) is 0. The maximum Gasteiger partial charge on any atom is 0.284 e. The Morgan fingerprint density at radius 2 is 2.21 bits per heavy atom. The number of nitro benzene ring substituents is 1. The molecular weight excluding hydrogens is 245 g/mol. The number of hydrogen-bond donors (Lipinski definition) is 0. The Morgan fingerprint density at radius 1 is 1.50 bits per heavy atom. The summed E-state index contributed by atoms with van der Waals surface area (Å²) >= 11 is 12.5. The average Bonchev–Trinajstić information content (AvgIpc) is 2.15. The first kappa shape index (κ1) is 11.6. The number of alkyl halides is 1. The van der Waals surface area contributed by atoms with Crippen LogP contribution in [0.1, 0.15) is 0 Å². The third kappa shape index (κ3) is 3.04. The van der Waals surface area contributed by atoms with Gasteiger partial charge in [0.1, 0.15) is 0 Å². The first-order chi connectivity index (χ1) is 6.65. The molecule has 0 aliphatic heterocycles. The van der Waals surface area contributed by atoms with E-state index in [0.29, 0.717) is 21.6 Å². The Bertz CT molecular complexity index is 346. The number of rotatable bonds is 4. The van der Waals surface area contributed by atoms with Crippen LogP contribution in [0, 0.1) is 10.1 Å². The predicted molar refractivity (Wildman–Crippen MR) is 59.6 cm³/mol. The molecule has 0 bridgehead atoms. The highest BCUT2D eigenvalue weighted by Crippen LogP contribution is 2.31. The molecule has 6 heteroatoms. The molecule has 0 spiro atoms. The Morgan fingerprint density at radius 3 is 2.79 bits per heavy atom. The summed E-state index contributed by atoms with van der Waals surface area (Å²) in [5.41, 5.74) is 0.0348. The SMILES string of the molecule is O=[N+]([O-])c1cc(Cl)ccc1SCCCl. The smallest absolute Gasteiger partial charge is 0.258 e. The summed E-state index contributed by atoms with van der Waals surface area (Å²) in [4.78, 5) is 10.8. The van der Waals surface area contributed by atoms with Crippen LogP contribution in [0.3, 0.4) is 0 Å². The lowest BCUT2D eigenvalue weighted by Crippen LogP contribution is -1.91. The molecule has 0 saturated carbocycles. The monoisotopic (exact) mass is 251 g/mol. The van der Waals surface area contributed by atoms with Gasteiger partial charge in [0.25, 0.3) is 5.69 Å². The quantitative estimate of drug-likeness (QED) is 0.356. The van der Waals surface area contributed by atoms with E-state index in [2.05, 4.69) is 0 Å². The van der Waals surface area contributed by atoms with E-state index in [1.54, 1.807) is 12.1 Å². The third-order valence-corrected chi connectivity index (χ3v) is 3.17. The van der Waals surface area contributed by atoms with E-state index in [1.165, 1.54) is 17.8 Å². The summed E-state index contributed by atoms with van der Waals surface area (Å²) in [7, 11) is 0. The highest BCUT2D eigenvalue weighted by Gasteiger charge is 2.13. The Balaban J connectivity index is 2.96. The van der Waals surface area contributed by atoms with Gasteiger partial charge in [0, 0.05) is 22.7 Å². The van der Waals surface area contributed by atoms with Gasteiger partial charge >= 0.3 is 0 Å². The molecule has 14 heavy (non-hydrogen) atoms. The fourth-order valence-corrected chi connectivity index (χ4v) is 2.04. The van der Waals surface area contributed by atoms with E-state index in [1.807, 2.05) is 0 Å². The number of nitrogens with zero attached hydrogens (tertiary/aromatic N) is 1. The second-order valence-electron chi connectivity index (χ2n) is 2.41. The van der Waals surface area contributed by atoms with E-state index in [-0.39, 0.29) is 5.69 Å². The van der Waals surface area contributed by atoms with Crippen molar-refractivity contribution in [2.24, 2.45) is 0 Å². The van der Waals surface area contributed by atoms with Crippen LogP contribution in [0.5, 0.6) is 0 Å². The first-order valence-corrected chi connectivity index (χ1v) is 5.67. The maximum atomic E-state index is 10.6. The normalized spacial score (nSPS) is 10.1. The Hall–Kier alpha value is -0.450. The van der Waals surface area contributed by atoms with Gasteiger partial charge in [0.2, 0.25) is 0 Å². The van der Waals surface area contributed by atoms with E-state index >= 15 is 0 Å². The molecule has 1 aromatic carbocycles.